The lowest BCUT2D eigenvalue weighted by Gasteiger charge is -2.38. The minimum absolute atomic E-state index is 0.0649. The van der Waals surface area contributed by atoms with Crippen LogP contribution >= 0.6 is 22.6 Å². The van der Waals surface area contributed by atoms with E-state index < -0.39 is 36.2 Å². The van der Waals surface area contributed by atoms with Crippen LogP contribution in [0, 0.1) is 0 Å². The molecule has 1 heterocycles. The number of alkyl halides is 1. The second kappa shape index (κ2) is 7.77. The Balaban J connectivity index is 2.82. The number of hydrogen-bond acceptors (Lipinski definition) is 7. The monoisotopic (exact) mass is 400 g/mol. The zero-order chi connectivity index (χ0) is 15.3. The van der Waals surface area contributed by atoms with Crippen LogP contribution in [0.3, 0.4) is 0 Å². The number of carbonyl (C=O) groups excluding carboxylic acids is 3. The minimum atomic E-state index is -0.790. The predicted octanol–water partition coefficient (Wildman–Crippen LogP) is 0.963. The molecule has 0 spiro atoms. The van der Waals surface area contributed by atoms with Crippen molar-refractivity contribution >= 4 is 40.5 Å². The van der Waals surface area contributed by atoms with Crippen LogP contribution < -0.4 is 0 Å². The molecule has 20 heavy (non-hydrogen) atoms. The van der Waals surface area contributed by atoms with E-state index in [2.05, 4.69) is 0 Å². The Kier molecular flexibility index (Phi) is 6.66. The Morgan fingerprint density at radius 3 is 2.20 bits per heavy atom. The van der Waals surface area contributed by atoms with Gasteiger partial charge in [-0.1, -0.05) is 22.6 Å². The Hall–Kier alpha value is -0.900. The molecule has 1 rings (SSSR count). The highest BCUT2D eigenvalue weighted by Gasteiger charge is 2.42. The summed E-state index contributed by atoms with van der Waals surface area (Å²) < 4.78 is 20.6. The van der Waals surface area contributed by atoms with Gasteiger partial charge < -0.3 is 18.9 Å². The van der Waals surface area contributed by atoms with Gasteiger partial charge in [0.25, 0.3) is 0 Å². The van der Waals surface area contributed by atoms with Crippen LogP contribution in [0.5, 0.6) is 0 Å². The summed E-state index contributed by atoms with van der Waals surface area (Å²) in [6.07, 6.45) is -1.67. The first-order valence-electron chi connectivity index (χ1n) is 6.07. The Morgan fingerprint density at radius 2 is 1.70 bits per heavy atom. The summed E-state index contributed by atoms with van der Waals surface area (Å²) in [6.45, 7) is 3.74. The van der Waals surface area contributed by atoms with Crippen molar-refractivity contribution in [3.8, 4) is 0 Å². The summed E-state index contributed by atoms with van der Waals surface area (Å²) in [5.41, 5.74) is 0. The molecule has 0 unspecified atom stereocenters. The average molecular weight is 400 g/mol. The summed E-state index contributed by atoms with van der Waals surface area (Å²) in [5.74, 6) is -1.45. The molecule has 0 aromatic heterocycles. The van der Waals surface area contributed by atoms with E-state index in [-0.39, 0.29) is 10.7 Å². The van der Waals surface area contributed by atoms with Gasteiger partial charge in [0.05, 0.1) is 0 Å². The summed E-state index contributed by atoms with van der Waals surface area (Å²) in [4.78, 5) is 33.2. The lowest BCUT2D eigenvalue weighted by molar-refractivity contribution is -0.202. The lowest BCUT2D eigenvalue weighted by Crippen LogP contribution is -2.52. The van der Waals surface area contributed by atoms with Crippen LogP contribution in [0.25, 0.3) is 0 Å². The Labute approximate surface area is 130 Å². The van der Waals surface area contributed by atoms with Crippen LogP contribution in [0.2, 0.25) is 0 Å². The zero-order valence-electron chi connectivity index (χ0n) is 11.5. The van der Waals surface area contributed by atoms with E-state index in [4.69, 9.17) is 18.9 Å². The number of ether oxygens (including phenoxy) is 4. The van der Waals surface area contributed by atoms with Crippen molar-refractivity contribution < 1.29 is 33.3 Å². The molecular formula is C12H17IO7. The van der Waals surface area contributed by atoms with Crippen molar-refractivity contribution in [3.05, 3.63) is 0 Å². The van der Waals surface area contributed by atoms with Gasteiger partial charge in [0.1, 0.15) is 22.9 Å². The molecule has 1 saturated heterocycles. The second-order valence-electron chi connectivity index (χ2n) is 4.34. The van der Waals surface area contributed by atoms with E-state index >= 15 is 0 Å². The smallest absolute Gasteiger partial charge is 0.303 e. The summed E-state index contributed by atoms with van der Waals surface area (Å²) in [5, 5.41) is 0. The molecule has 0 amide bonds. The van der Waals surface area contributed by atoms with Crippen LogP contribution in [0.4, 0.5) is 0 Å². The topological polar surface area (TPSA) is 88.1 Å². The number of carbonyl (C=O) groups is 3. The van der Waals surface area contributed by atoms with Gasteiger partial charge in [-0.15, -0.1) is 0 Å². The molecule has 7 nitrogen and oxygen atoms in total. The first-order valence-corrected chi connectivity index (χ1v) is 7.31. The van der Waals surface area contributed by atoms with E-state index in [9.17, 15) is 14.4 Å². The van der Waals surface area contributed by atoms with Crippen molar-refractivity contribution in [2.24, 2.45) is 0 Å². The third-order valence-corrected chi connectivity index (χ3v) is 3.35. The summed E-state index contributed by atoms with van der Waals surface area (Å²) in [6, 6.07) is 0. The van der Waals surface area contributed by atoms with E-state index in [1.165, 1.54) is 20.8 Å². The number of rotatable bonds is 4. The minimum Gasteiger partial charge on any atom is -0.463 e. The Bertz CT molecular complexity index is 384. The fourth-order valence-electron chi connectivity index (χ4n) is 1.88. The van der Waals surface area contributed by atoms with E-state index in [1.807, 2.05) is 22.6 Å². The largest absolute Gasteiger partial charge is 0.463 e. The third-order valence-electron chi connectivity index (χ3n) is 2.54. The highest BCUT2D eigenvalue weighted by atomic mass is 127. The van der Waals surface area contributed by atoms with E-state index in [1.54, 1.807) is 0 Å². The highest BCUT2D eigenvalue weighted by Crippen LogP contribution is 2.29. The SMILES string of the molecule is CC(=O)OC[C@H]1O[C@H](I)C[C@@H](OC(C)=O)[C@H]1OC(C)=O. The van der Waals surface area contributed by atoms with Gasteiger partial charge in [0.2, 0.25) is 0 Å². The molecule has 114 valence electrons. The third kappa shape index (κ3) is 5.61. The summed E-state index contributed by atoms with van der Waals surface area (Å²) in [7, 11) is 0. The predicted molar refractivity (Wildman–Crippen MR) is 75.0 cm³/mol. The highest BCUT2D eigenvalue weighted by molar-refractivity contribution is 14.1. The van der Waals surface area contributed by atoms with Gasteiger partial charge >= 0.3 is 17.9 Å². The second-order valence-corrected chi connectivity index (χ2v) is 5.73. The molecule has 0 aromatic rings. The van der Waals surface area contributed by atoms with Gasteiger partial charge in [0.15, 0.2) is 6.10 Å². The van der Waals surface area contributed by atoms with Crippen LogP contribution in [-0.4, -0.2) is 46.9 Å². The van der Waals surface area contributed by atoms with E-state index in [0.29, 0.717) is 6.42 Å². The fourth-order valence-corrected chi connectivity index (χ4v) is 2.76. The van der Waals surface area contributed by atoms with Crippen molar-refractivity contribution in [1.82, 2.24) is 0 Å². The molecule has 0 aromatic carbocycles. The molecule has 0 radical (unpaired) electrons. The maximum Gasteiger partial charge on any atom is 0.303 e. The maximum atomic E-state index is 11.2. The molecule has 8 heteroatoms. The van der Waals surface area contributed by atoms with Gasteiger partial charge in [-0.05, 0) is 0 Å². The van der Waals surface area contributed by atoms with Crippen LogP contribution in [0.15, 0.2) is 0 Å². The van der Waals surface area contributed by atoms with Gasteiger partial charge in [-0.25, -0.2) is 0 Å². The average Bonchev–Trinajstić information content (AvgIpc) is 2.28. The molecular weight excluding hydrogens is 383 g/mol. The molecule has 0 saturated carbocycles. The quantitative estimate of drug-likeness (QED) is 0.301. The number of hydrogen-bond donors (Lipinski definition) is 0. The van der Waals surface area contributed by atoms with Crippen molar-refractivity contribution in [3.63, 3.8) is 0 Å². The van der Waals surface area contributed by atoms with E-state index in [0.717, 1.165) is 0 Å². The Morgan fingerprint density at radius 1 is 1.10 bits per heavy atom. The van der Waals surface area contributed by atoms with Crippen molar-refractivity contribution in [2.75, 3.05) is 6.61 Å². The lowest BCUT2D eigenvalue weighted by atomic mass is 10.0. The molecule has 1 fully saturated rings. The van der Waals surface area contributed by atoms with Crippen LogP contribution in [0.1, 0.15) is 27.2 Å². The number of halogens is 1. The summed E-state index contributed by atoms with van der Waals surface area (Å²) >= 11 is 2.04. The molecule has 0 N–H and O–H groups in total. The van der Waals surface area contributed by atoms with Gasteiger partial charge in [0, 0.05) is 27.2 Å². The standard InChI is InChI=1S/C12H17IO7/c1-6(14)17-5-10-12(19-8(3)16)9(18-7(2)15)4-11(13)20-10/h9-12H,4-5H2,1-3H3/t9-,10-,11+,12-/m1/s1. The van der Waals surface area contributed by atoms with Crippen LogP contribution in [-0.2, 0) is 33.3 Å². The first-order chi connectivity index (χ1) is 9.29. The molecule has 1 aliphatic rings. The molecule has 0 aliphatic carbocycles. The van der Waals surface area contributed by atoms with Gasteiger partial charge in [-0.2, -0.15) is 0 Å². The molecule has 1 aliphatic heterocycles. The number of esters is 3. The first kappa shape index (κ1) is 17.2. The molecule has 0 bridgehead atoms. The normalized spacial score (nSPS) is 29.4. The maximum absolute atomic E-state index is 11.2. The fraction of sp³-hybridized carbons (Fsp3) is 0.750. The molecule has 4 atom stereocenters. The zero-order valence-corrected chi connectivity index (χ0v) is 13.6. The van der Waals surface area contributed by atoms with Crippen molar-refractivity contribution in [2.45, 2.75) is 49.6 Å². The van der Waals surface area contributed by atoms with Gasteiger partial charge in [-0.3, -0.25) is 14.4 Å². The van der Waals surface area contributed by atoms with Crippen molar-refractivity contribution in [1.29, 1.82) is 0 Å².